The molecule has 0 aliphatic rings. The van der Waals surface area contributed by atoms with Gasteiger partial charge in [-0.1, -0.05) is 424 Å². The van der Waals surface area contributed by atoms with Crippen LogP contribution in [0, 0.1) is 0 Å². The van der Waals surface area contributed by atoms with E-state index in [9.17, 15) is 19.8 Å². The van der Waals surface area contributed by atoms with Gasteiger partial charge in [0.05, 0.1) is 25.4 Å². The number of unbranched alkanes of at least 4 members (excludes halogenated alkanes) is 64. The maximum Gasteiger partial charge on any atom is 0.305 e. The maximum absolute atomic E-state index is 12.5. The summed E-state index contributed by atoms with van der Waals surface area (Å²) in [4.78, 5) is 24.6. The van der Waals surface area contributed by atoms with Crippen LogP contribution in [-0.2, 0) is 14.3 Å². The monoisotopic (exact) mass is 1200 g/mol. The molecule has 3 N–H and O–H groups in total. The molecule has 0 aromatic rings. The van der Waals surface area contributed by atoms with Crippen molar-refractivity contribution in [2.75, 3.05) is 13.2 Å². The van der Waals surface area contributed by atoms with Gasteiger partial charge in [-0.3, -0.25) is 9.59 Å². The molecule has 0 saturated heterocycles. The molecule has 1 amide bonds. The second kappa shape index (κ2) is 75.1. The summed E-state index contributed by atoms with van der Waals surface area (Å²) in [5, 5.41) is 23.2. The Hall–Kier alpha value is -1.40. The number of ether oxygens (including phenoxy) is 1. The van der Waals surface area contributed by atoms with Crippen molar-refractivity contribution in [3.63, 3.8) is 0 Å². The van der Waals surface area contributed by atoms with Crippen LogP contribution in [0.1, 0.15) is 457 Å². The largest absolute Gasteiger partial charge is 0.466 e. The first-order valence-corrected chi connectivity index (χ1v) is 39.5. The lowest BCUT2D eigenvalue weighted by Gasteiger charge is -2.20. The second-order valence-corrected chi connectivity index (χ2v) is 27.4. The van der Waals surface area contributed by atoms with E-state index < -0.39 is 12.1 Å². The highest BCUT2D eigenvalue weighted by molar-refractivity contribution is 5.76. The van der Waals surface area contributed by atoms with Gasteiger partial charge >= 0.3 is 5.97 Å². The topological polar surface area (TPSA) is 95.9 Å². The number of amides is 1. The van der Waals surface area contributed by atoms with Crippen LogP contribution >= 0.6 is 0 Å². The van der Waals surface area contributed by atoms with E-state index in [1.807, 2.05) is 6.08 Å². The molecule has 2 atom stereocenters. The first kappa shape index (κ1) is 83.6. The minimum absolute atomic E-state index is 0.0275. The molecule has 0 aliphatic carbocycles. The Kier molecular flexibility index (Phi) is 73.8. The molecule has 0 aromatic carbocycles. The summed E-state index contributed by atoms with van der Waals surface area (Å²) in [5.41, 5.74) is 0. The van der Waals surface area contributed by atoms with Crippen LogP contribution in [0.2, 0.25) is 0 Å². The fourth-order valence-corrected chi connectivity index (χ4v) is 12.8. The van der Waals surface area contributed by atoms with Crippen molar-refractivity contribution in [1.29, 1.82) is 0 Å². The van der Waals surface area contributed by atoms with Crippen molar-refractivity contribution in [2.45, 2.75) is 469 Å². The Morgan fingerprint density at radius 1 is 0.318 bits per heavy atom. The number of aliphatic hydroxyl groups is 2. The van der Waals surface area contributed by atoms with E-state index in [0.717, 1.165) is 38.5 Å². The number of esters is 1. The number of hydrogen-bond donors (Lipinski definition) is 3. The molecular weight excluding hydrogens is 1040 g/mol. The van der Waals surface area contributed by atoms with Gasteiger partial charge in [-0.2, -0.15) is 0 Å². The minimum Gasteiger partial charge on any atom is -0.466 e. The van der Waals surface area contributed by atoms with Gasteiger partial charge in [0.1, 0.15) is 0 Å². The second-order valence-electron chi connectivity index (χ2n) is 27.4. The summed E-state index contributed by atoms with van der Waals surface area (Å²) in [6.45, 7) is 4.96. The summed E-state index contributed by atoms with van der Waals surface area (Å²) in [5.74, 6) is -0.0314. The fourth-order valence-electron chi connectivity index (χ4n) is 12.8. The zero-order valence-corrected chi connectivity index (χ0v) is 58.1. The van der Waals surface area contributed by atoms with Gasteiger partial charge in [-0.15, -0.1) is 0 Å². The summed E-state index contributed by atoms with van der Waals surface area (Å²) in [6.07, 6.45) is 94.8. The summed E-state index contributed by atoms with van der Waals surface area (Å²) >= 11 is 0. The Morgan fingerprint density at radius 3 is 0.800 bits per heavy atom. The lowest BCUT2D eigenvalue weighted by atomic mass is 10.0. The first-order chi connectivity index (χ1) is 42.0. The fraction of sp³-hybridized carbons (Fsp3) is 0.949. The summed E-state index contributed by atoms with van der Waals surface area (Å²) in [6, 6.07) is -0.623. The number of carbonyl (C=O) groups is 2. The molecule has 2 unspecified atom stereocenters. The van der Waals surface area contributed by atoms with E-state index in [1.54, 1.807) is 6.08 Å². The van der Waals surface area contributed by atoms with Crippen LogP contribution < -0.4 is 5.32 Å². The third-order valence-corrected chi connectivity index (χ3v) is 18.8. The van der Waals surface area contributed by atoms with Crippen LogP contribution in [0.5, 0.6) is 0 Å². The lowest BCUT2D eigenvalue weighted by Crippen LogP contribution is -2.45. The normalized spacial score (nSPS) is 12.5. The molecule has 0 heterocycles. The number of allylic oxidation sites excluding steroid dienone is 1. The lowest BCUT2D eigenvalue weighted by molar-refractivity contribution is -0.143. The average molecular weight is 1200 g/mol. The molecule has 0 fully saturated rings. The van der Waals surface area contributed by atoms with Crippen LogP contribution in [-0.4, -0.2) is 47.4 Å². The van der Waals surface area contributed by atoms with Crippen molar-refractivity contribution >= 4 is 11.9 Å². The summed E-state index contributed by atoms with van der Waals surface area (Å²) < 4.78 is 5.52. The summed E-state index contributed by atoms with van der Waals surface area (Å²) in [7, 11) is 0. The van der Waals surface area contributed by atoms with Gasteiger partial charge in [0.15, 0.2) is 0 Å². The SMILES string of the molecule is CCCCCCCCCCCCCCCC/C=C/C(O)C(CO)NC(=O)CCCCCCCCCCCCCCCCCCCCCCCCCCCCCCCCCCCCCOC(=O)CCCCCCCCCCCCCCCCCCC. The van der Waals surface area contributed by atoms with Gasteiger partial charge in [0, 0.05) is 12.8 Å². The number of carbonyl (C=O) groups excluding carboxylic acids is 2. The standard InChI is InChI=1S/C79H155NO5/c1-3-5-7-9-11-13-15-17-19-40-45-49-53-57-61-65-69-73-79(84)85-74-70-66-62-58-54-50-46-42-39-37-35-33-31-29-27-25-23-21-22-24-26-28-30-32-34-36-38-41-44-48-52-56-60-64-68-72-78(83)80-76(75-81)77(82)71-67-63-59-55-51-47-43-20-18-16-14-12-10-8-6-4-2/h67,71,76-77,81-82H,3-66,68-70,72-75H2,1-2H3,(H,80,83)/b71-67+. The van der Waals surface area contributed by atoms with E-state index in [1.165, 1.54) is 392 Å². The van der Waals surface area contributed by atoms with Gasteiger partial charge in [0.2, 0.25) is 5.91 Å². The number of aliphatic hydroxyl groups excluding tert-OH is 2. The van der Waals surface area contributed by atoms with Crippen molar-refractivity contribution in [3.05, 3.63) is 12.2 Å². The predicted molar refractivity (Wildman–Crippen MR) is 375 cm³/mol. The highest BCUT2D eigenvalue weighted by Crippen LogP contribution is 2.20. The molecule has 0 aromatic heterocycles. The van der Waals surface area contributed by atoms with Gasteiger partial charge < -0.3 is 20.3 Å². The van der Waals surface area contributed by atoms with E-state index in [-0.39, 0.29) is 18.5 Å². The number of nitrogens with one attached hydrogen (secondary N) is 1. The molecule has 6 nitrogen and oxygen atoms in total. The molecule has 0 rings (SSSR count). The maximum atomic E-state index is 12.5. The molecule has 0 radical (unpaired) electrons. The first-order valence-electron chi connectivity index (χ1n) is 39.5. The van der Waals surface area contributed by atoms with Crippen molar-refractivity contribution in [3.8, 4) is 0 Å². The van der Waals surface area contributed by atoms with E-state index in [4.69, 9.17) is 4.74 Å². The quantitative estimate of drug-likeness (QED) is 0.0320. The predicted octanol–water partition coefficient (Wildman–Crippen LogP) is 25.9. The van der Waals surface area contributed by atoms with Crippen LogP contribution in [0.25, 0.3) is 0 Å². The Bertz CT molecular complexity index is 1290. The Morgan fingerprint density at radius 2 is 0.541 bits per heavy atom. The molecule has 0 bridgehead atoms. The molecular formula is C79H155NO5. The molecule has 0 saturated carbocycles. The van der Waals surface area contributed by atoms with Gasteiger partial charge in [-0.25, -0.2) is 0 Å². The third kappa shape index (κ3) is 71.6. The van der Waals surface area contributed by atoms with Crippen molar-refractivity contribution < 1.29 is 24.5 Å². The molecule has 6 heteroatoms. The number of rotatable bonds is 75. The smallest absolute Gasteiger partial charge is 0.305 e. The average Bonchev–Trinajstić information content (AvgIpc) is 3.51. The molecule has 85 heavy (non-hydrogen) atoms. The van der Waals surface area contributed by atoms with Crippen molar-refractivity contribution in [1.82, 2.24) is 5.32 Å². The van der Waals surface area contributed by atoms with Crippen molar-refractivity contribution in [2.24, 2.45) is 0 Å². The van der Waals surface area contributed by atoms with E-state index >= 15 is 0 Å². The third-order valence-electron chi connectivity index (χ3n) is 18.8. The highest BCUT2D eigenvalue weighted by Gasteiger charge is 2.18. The Balaban J connectivity index is 3.30. The Labute approximate surface area is 533 Å². The van der Waals surface area contributed by atoms with Crippen LogP contribution in [0.4, 0.5) is 0 Å². The highest BCUT2D eigenvalue weighted by atomic mass is 16.5. The van der Waals surface area contributed by atoms with E-state index in [2.05, 4.69) is 19.2 Å². The molecule has 0 spiro atoms. The molecule has 0 aliphatic heterocycles. The minimum atomic E-state index is -0.840. The number of hydrogen-bond acceptors (Lipinski definition) is 5. The van der Waals surface area contributed by atoms with Gasteiger partial charge in [-0.05, 0) is 32.1 Å². The van der Waals surface area contributed by atoms with E-state index in [0.29, 0.717) is 19.4 Å². The zero-order chi connectivity index (χ0) is 61.3. The van der Waals surface area contributed by atoms with Gasteiger partial charge in [0.25, 0.3) is 0 Å². The molecule has 506 valence electrons. The van der Waals surface area contributed by atoms with Crippen LogP contribution in [0.15, 0.2) is 12.2 Å². The zero-order valence-electron chi connectivity index (χ0n) is 58.1. The van der Waals surface area contributed by atoms with Crippen LogP contribution in [0.3, 0.4) is 0 Å².